The van der Waals surface area contributed by atoms with E-state index in [9.17, 15) is 4.79 Å². The number of nitrogens with two attached hydrogens (primary N) is 1. The average molecular weight is 234 g/mol. The first-order valence-electron chi connectivity index (χ1n) is 4.68. The highest BCUT2D eigenvalue weighted by molar-refractivity contribution is 7.15. The van der Waals surface area contributed by atoms with Gasteiger partial charge in [0.25, 0.3) is 0 Å². The average Bonchev–Trinajstić information content (AvgIpc) is 2.76. The molecule has 0 saturated carbocycles. The van der Waals surface area contributed by atoms with Crippen LogP contribution in [0.4, 0.5) is 4.79 Å². The summed E-state index contributed by atoms with van der Waals surface area (Å²) in [5.41, 5.74) is 5.93. The second-order valence-electron chi connectivity index (χ2n) is 3.11. The molecule has 4 nitrogen and oxygen atoms in total. The van der Waals surface area contributed by atoms with Crippen LogP contribution in [0, 0.1) is 0 Å². The number of thiazole rings is 1. The van der Waals surface area contributed by atoms with Crippen molar-refractivity contribution in [2.24, 2.45) is 5.73 Å². The Labute approximate surface area is 96.7 Å². The number of nitrogens with zero attached hydrogens (tertiary/aromatic N) is 1. The van der Waals surface area contributed by atoms with Crippen molar-refractivity contribution < 1.29 is 9.53 Å². The minimum Gasteiger partial charge on any atom is -0.444 e. The van der Waals surface area contributed by atoms with Gasteiger partial charge in [0.05, 0.1) is 4.88 Å². The molecule has 0 unspecified atom stereocenters. The van der Waals surface area contributed by atoms with Crippen LogP contribution in [0.25, 0.3) is 10.6 Å². The van der Waals surface area contributed by atoms with Crippen molar-refractivity contribution in [2.75, 3.05) is 0 Å². The predicted molar refractivity (Wildman–Crippen MR) is 61.9 cm³/mol. The van der Waals surface area contributed by atoms with E-state index >= 15 is 0 Å². The zero-order chi connectivity index (χ0) is 11.4. The van der Waals surface area contributed by atoms with Gasteiger partial charge >= 0.3 is 6.09 Å². The second kappa shape index (κ2) is 4.76. The molecule has 0 saturated heterocycles. The first kappa shape index (κ1) is 10.6. The number of hydrogen-bond acceptors (Lipinski definition) is 4. The summed E-state index contributed by atoms with van der Waals surface area (Å²) >= 11 is 1.48. The Morgan fingerprint density at radius 2 is 2.12 bits per heavy atom. The van der Waals surface area contributed by atoms with Gasteiger partial charge in [-0.05, 0) is 0 Å². The standard InChI is InChI=1S/C11H10N2O2S/c12-11(14)15-7-9-6-13-10(16-9)8-4-2-1-3-5-8/h1-6H,7H2,(H2,12,14). The third kappa shape index (κ3) is 2.58. The van der Waals surface area contributed by atoms with E-state index < -0.39 is 6.09 Å². The normalized spacial score (nSPS) is 10.0. The van der Waals surface area contributed by atoms with Crippen LogP contribution in [0.15, 0.2) is 36.5 Å². The first-order chi connectivity index (χ1) is 7.75. The van der Waals surface area contributed by atoms with E-state index in [2.05, 4.69) is 9.72 Å². The quantitative estimate of drug-likeness (QED) is 0.886. The van der Waals surface area contributed by atoms with Crippen LogP contribution >= 0.6 is 11.3 Å². The molecule has 1 aromatic carbocycles. The Balaban J connectivity index is 2.11. The molecule has 5 heteroatoms. The van der Waals surface area contributed by atoms with E-state index in [1.165, 1.54) is 11.3 Å². The topological polar surface area (TPSA) is 65.2 Å². The number of carbonyl (C=O) groups is 1. The van der Waals surface area contributed by atoms with Gasteiger partial charge in [-0.1, -0.05) is 30.3 Å². The lowest BCUT2D eigenvalue weighted by Gasteiger charge is -1.96. The first-order valence-corrected chi connectivity index (χ1v) is 5.50. The van der Waals surface area contributed by atoms with Crippen LogP contribution in [0.1, 0.15) is 4.88 Å². The van der Waals surface area contributed by atoms with Gasteiger partial charge in [-0.25, -0.2) is 9.78 Å². The molecular formula is C11H10N2O2S. The van der Waals surface area contributed by atoms with Gasteiger partial charge in [0.1, 0.15) is 11.6 Å². The molecule has 0 aliphatic heterocycles. The van der Waals surface area contributed by atoms with E-state index in [4.69, 9.17) is 5.73 Å². The van der Waals surface area contributed by atoms with Gasteiger partial charge in [0.2, 0.25) is 0 Å². The van der Waals surface area contributed by atoms with Crippen LogP contribution in [0.2, 0.25) is 0 Å². The summed E-state index contributed by atoms with van der Waals surface area (Å²) in [5.74, 6) is 0. The van der Waals surface area contributed by atoms with E-state index in [0.717, 1.165) is 15.4 Å². The van der Waals surface area contributed by atoms with E-state index in [0.29, 0.717) is 0 Å². The molecule has 0 bridgehead atoms. The Hall–Kier alpha value is -1.88. The van der Waals surface area contributed by atoms with Crippen LogP contribution in [-0.4, -0.2) is 11.1 Å². The number of primary amides is 1. The molecular weight excluding hydrogens is 224 g/mol. The van der Waals surface area contributed by atoms with Crippen LogP contribution < -0.4 is 5.73 Å². The number of rotatable bonds is 3. The van der Waals surface area contributed by atoms with Crippen LogP contribution in [-0.2, 0) is 11.3 Å². The third-order valence-electron chi connectivity index (χ3n) is 1.93. The molecule has 1 heterocycles. The van der Waals surface area contributed by atoms with Gasteiger partial charge < -0.3 is 10.5 Å². The Morgan fingerprint density at radius 1 is 1.38 bits per heavy atom. The summed E-state index contributed by atoms with van der Waals surface area (Å²) < 4.78 is 4.69. The molecule has 0 radical (unpaired) electrons. The molecule has 16 heavy (non-hydrogen) atoms. The van der Waals surface area contributed by atoms with Gasteiger partial charge in [0.15, 0.2) is 0 Å². The molecule has 2 aromatic rings. The van der Waals surface area contributed by atoms with Gasteiger partial charge in [-0.3, -0.25) is 0 Å². The fraction of sp³-hybridized carbons (Fsp3) is 0.0909. The monoisotopic (exact) mass is 234 g/mol. The molecule has 0 atom stereocenters. The molecule has 1 aromatic heterocycles. The maximum absolute atomic E-state index is 10.4. The Kier molecular flexibility index (Phi) is 3.16. The summed E-state index contributed by atoms with van der Waals surface area (Å²) in [6.45, 7) is 0.180. The highest BCUT2D eigenvalue weighted by atomic mass is 32.1. The number of hydrogen-bond donors (Lipinski definition) is 1. The minimum absolute atomic E-state index is 0.180. The maximum Gasteiger partial charge on any atom is 0.404 e. The van der Waals surface area contributed by atoms with E-state index in [1.807, 2.05) is 30.3 Å². The van der Waals surface area contributed by atoms with Crippen molar-refractivity contribution in [2.45, 2.75) is 6.61 Å². The highest BCUT2D eigenvalue weighted by Crippen LogP contribution is 2.24. The maximum atomic E-state index is 10.4. The van der Waals surface area contributed by atoms with Crippen molar-refractivity contribution in [3.8, 4) is 10.6 Å². The number of benzene rings is 1. The Morgan fingerprint density at radius 3 is 2.81 bits per heavy atom. The molecule has 2 rings (SSSR count). The molecule has 82 valence electrons. The number of amides is 1. The smallest absolute Gasteiger partial charge is 0.404 e. The minimum atomic E-state index is -0.769. The Bertz CT molecular complexity index is 482. The lowest BCUT2D eigenvalue weighted by atomic mass is 10.2. The number of carbonyl (C=O) groups excluding carboxylic acids is 1. The highest BCUT2D eigenvalue weighted by Gasteiger charge is 2.05. The lowest BCUT2D eigenvalue weighted by Crippen LogP contribution is -2.12. The molecule has 0 aliphatic rings. The lowest BCUT2D eigenvalue weighted by molar-refractivity contribution is 0.151. The number of ether oxygens (including phenoxy) is 1. The van der Waals surface area contributed by atoms with Gasteiger partial charge in [-0.15, -0.1) is 11.3 Å². The van der Waals surface area contributed by atoms with Gasteiger partial charge in [0, 0.05) is 11.8 Å². The SMILES string of the molecule is NC(=O)OCc1cnc(-c2ccccc2)s1. The molecule has 0 aliphatic carbocycles. The molecule has 0 spiro atoms. The largest absolute Gasteiger partial charge is 0.444 e. The van der Waals surface area contributed by atoms with E-state index in [1.54, 1.807) is 6.20 Å². The molecule has 2 N–H and O–H groups in total. The zero-order valence-corrected chi connectivity index (χ0v) is 9.24. The van der Waals surface area contributed by atoms with Crippen LogP contribution in [0.5, 0.6) is 0 Å². The van der Waals surface area contributed by atoms with Gasteiger partial charge in [-0.2, -0.15) is 0 Å². The molecule has 1 amide bonds. The summed E-state index contributed by atoms with van der Waals surface area (Å²) in [6, 6.07) is 9.83. The summed E-state index contributed by atoms with van der Waals surface area (Å²) in [7, 11) is 0. The molecule has 0 fully saturated rings. The van der Waals surface area contributed by atoms with Crippen molar-refractivity contribution in [1.29, 1.82) is 0 Å². The van der Waals surface area contributed by atoms with Crippen molar-refractivity contribution in [3.63, 3.8) is 0 Å². The fourth-order valence-corrected chi connectivity index (χ4v) is 2.06. The van der Waals surface area contributed by atoms with Crippen molar-refractivity contribution in [1.82, 2.24) is 4.98 Å². The summed E-state index contributed by atoms with van der Waals surface area (Å²) in [4.78, 5) is 15.6. The zero-order valence-electron chi connectivity index (χ0n) is 8.42. The predicted octanol–water partition coefficient (Wildman–Crippen LogP) is 2.41. The van der Waals surface area contributed by atoms with Crippen molar-refractivity contribution in [3.05, 3.63) is 41.4 Å². The van der Waals surface area contributed by atoms with Crippen molar-refractivity contribution >= 4 is 17.4 Å². The van der Waals surface area contributed by atoms with Crippen LogP contribution in [0.3, 0.4) is 0 Å². The number of aromatic nitrogens is 1. The summed E-state index contributed by atoms with van der Waals surface area (Å²) in [6.07, 6.45) is 0.922. The fourth-order valence-electron chi connectivity index (χ4n) is 1.23. The van der Waals surface area contributed by atoms with E-state index in [-0.39, 0.29) is 6.61 Å². The second-order valence-corrected chi connectivity index (χ2v) is 4.22. The summed E-state index contributed by atoms with van der Waals surface area (Å²) in [5, 5.41) is 0.906. The third-order valence-corrected chi connectivity index (χ3v) is 2.95.